The molecule has 1 saturated heterocycles. The van der Waals surface area contributed by atoms with Gasteiger partial charge in [0.05, 0.1) is 18.3 Å². The van der Waals surface area contributed by atoms with E-state index in [9.17, 15) is 9.90 Å². The first-order chi connectivity index (χ1) is 15.8. The van der Waals surface area contributed by atoms with Crippen LogP contribution in [0.5, 0.6) is 0 Å². The molecular weight excluding hydrogens is 537 g/mol. The third-order valence-electron chi connectivity index (χ3n) is 7.41. The fourth-order valence-electron chi connectivity index (χ4n) is 5.15. The van der Waals surface area contributed by atoms with Crippen molar-refractivity contribution >= 4 is 28.7 Å². The second kappa shape index (κ2) is 14.2. The monoisotopic (exact) mass is 581 g/mol. The first-order valence-electron chi connectivity index (χ1n) is 12.4. The van der Waals surface area contributed by atoms with Crippen LogP contribution < -0.4 is 5.32 Å². The molecule has 0 aromatic rings. The molecule has 0 radical (unpaired) electrons. The van der Waals surface area contributed by atoms with Crippen LogP contribution in [0.3, 0.4) is 0 Å². The molecule has 2 fully saturated rings. The van der Waals surface area contributed by atoms with Crippen LogP contribution in [0.15, 0.2) is 9.66 Å². The average molecular weight is 582 g/mol. The third-order valence-corrected chi connectivity index (χ3v) is 7.85. The van der Waals surface area contributed by atoms with Gasteiger partial charge in [0, 0.05) is 33.3 Å². The Hall–Kier alpha value is -0.420. The molecule has 2 rings (SSSR count). The van der Waals surface area contributed by atoms with E-state index in [4.69, 9.17) is 18.9 Å². The number of carbonyl (C=O) groups excluding carboxylic acids is 1. The molecule has 1 saturated carbocycles. The van der Waals surface area contributed by atoms with Crippen LogP contribution >= 0.6 is 22.6 Å². The van der Waals surface area contributed by atoms with Crippen LogP contribution in [0, 0.1) is 17.8 Å². The highest BCUT2D eigenvalue weighted by molar-refractivity contribution is 14.1. The molecule has 3 unspecified atom stereocenters. The van der Waals surface area contributed by atoms with Crippen molar-refractivity contribution in [3.05, 3.63) is 9.66 Å². The maximum atomic E-state index is 12.5. The molecular formula is C25H44INO6. The number of hydrogen-bond donors (Lipinski definition) is 2. The number of alkyl carbamates (subject to hydrolysis) is 1. The second-order valence-electron chi connectivity index (χ2n) is 9.71. The molecule has 0 aromatic heterocycles. The van der Waals surface area contributed by atoms with Crippen LogP contribution in [0.4, 0.5) is 4.79 Å². The van der Waals surface area contributed by atoms with E-state index in [-0.39, 0.29) is 41.7 Å². The predicted octanol–water partition coefficient (Wildman–Crippen LogP) is 4.84. The number of methoxy groups -OCH3 is 2. The zero-order chi connectivity index (χ0) is 24.4. The Morgan fingerprint density at radius 1 is 1.27 bits per heavy atom. The van der Waals surface area contributed by atoms with Crippen LogP contribution in [0.25, 0.3) is 0 Å². The third kappa shape index (κ3) is 8.63. The lowest BCUT2D eigenvalue weighted by Gasteiger charge is -2.45. The molecule has 1 spiro atoms. The summed E-state index contributed by atoms with van der Waals surface area (Å²) in [6.45, 7) is 8.39. The number of ether oxygens (including phenoxy) is 4. The fraction of sp³-hybridized carbons (Fsp3) is 0.880. The molecule has 1 heterocycles. The molecule has 192 valence electrons. The highest BCUT2D eigenvalue weighted by Crippen LogP contribution is 2.52. The van der Waals surface area contributed by atoms with Crippen molar-refractivity contribution in [2.24, 2.45) is 17.8 Å². The van der Waals surface area contributed by atoms with Crippen molar-refractivity contribution in [1.82, 2.24) is 5.32 Å². The van der Waals surface area contributed by atoms with Crippen molar-refractivity contribution < 1.29 is 28.8 Å². The summed E-state index contributed by atoms with van der Waals surface area (Å²) in [5, 5.41) is 13.7. The van der Waals surface area contributed by atoms with Gasteiger partial charge >= 0.3 is 6.09 Å². The van der Waals surface area contributed by atoms with Gasteiger partial charge in [-0.15, -0.1) is 0 Å². The van der Waals surface area contributed by atoms with Crippen LogP contribution in [0.2, 0.25) is 0 Å². The minimum absolute atomic E-state index is 0.0594. The van der Waals surface area contributed by atoms with E-state index < -0.39 is 6.10 Å². The number of aliphatic hydroxyl groups excluding tert-OH is 1. The van der Waals surface area contributed by atoms with Gasteiger partial charge in [-0.05, 0) is 77.0 Å². The number of hydrogen-bond acceptors (Lipinski definition) is 6. The van der Waals surface area contributed by atoms with Gasteiger partial charge in [0.2, 0.25) is 0 Å². The van der Waals surface area contributed by atoms with Gasteiger partial charge in [-0.25, -0.2) is 4.79 Å². The molecule has 0 bridgehead atoms. The Balaban J connectivity index is 1.92. The molecule has 7 atom stereocenters. The lowest BCUT2D eigenvalue weighted by atomic mass is 9.65. The van der Waals surface area contributed by atoms with Crippen molar-refractivity contribution in [3.63, 3.8) is 0 Å². The van der Waals surface area contributed by atoms with Crippen molar-refractivity contribution in [1.29, 1.82) is 0 Å². The summed E-state index contributed by atoms with van der Waals surface area (Å²) < 4.78 is 24.0. The van der Waals surface area contributed by atoms with E-state index >= 15 is 0 Å². The molecule has 0 aromatic carbocycles. The number of halogens is 1. The van der Waals surface area contributed by atoms with Gasteiger partial charge < -0.3 is 29.4 Å². The van der Waals surface area contributed by atoms with Crippen LogP contribution in [-0.2, 0) is 18.9 Å². The summed E-state index contributed by atoms with van der Waals surface area (Å²) in [6, 6.07) is 0. The van der Waals surface area contributed by atoms with E-state index in [0.717, 1.165) is 45.1 Å². The topological polar surface area (TPSA) is 89.6 Å². The molecule has 2 aliphatic rings. The molecule has 1 amide bonds. The number of allylic oxidation sites excluding steroid dienone is 1. The summed E-state index contributed by atoms with van der Waals surface area (Å²) in [7, 11) is 3.40. The zero-order valence-electron chi connectivity index (χ0n) is 21.0. The van der Waals surface area contributed by atoms with Gasteiger partial charge in [-0.3, -0.25) is 0 Å². The van der Waals surface area contributed by atoms with Gasteiger partial charge in [0.15, 0.2) is 0 Å². The van der Waals surface area contributed by atoms with Gasteiger partial charge in [-0.1, -0.05) is 32.8 Å². The maximum Gasteiger partial charge on any atom is 0.407 e. The molecule has 33 heavy (non-hydrogen) atoms. The van der Waals surface area contributed by atoms with Crippen LogP contribution in [0.1, 0.15) is 65.7 Å². The van der Waals surface area contributed by atoms with Gasteiger partial charge in [0.1, 0.15) is 12.2 Å². The van der Waals surface area contributed by atoms with Crippen molar-refractivity contribution in [2.75, 3.05) is 34.0 Å². The number of nitrogens with one attached hydrogen (secondary N) is 1. The highest BCUT2D eigenvalue weighted by atomic mass is 127. The number of aliphatic hydroxyl groups is 1. The Bertz CT molecular complexity index is 622. The maximum absolute atomic E-state index is 12.5. The van der Waals surface area contributed by atoms with Crippen molar-refractivity contribution in [3.8, 4) is 0 Å². The minimum atomic E-state index is -0.438. The summed E-state index contributed by atoms with van der Waals surface area (Å²) in [5.41, 5.74) is -0.221. The number of carbonyl (C=O) groups is 1. The zero-order valence-corrected chi connectivity index (χ0v) is 23.1. The first-order valence-corrected chi connectivity index (χ1v) is 13.4. The normalized spacial score (nSPS) is 30.0. The van der Waals surface area contributed by atoms with E-state index in [1.54, 1.807) is 14.2 Å². The summed E-state index contributed by atoms with van der Waals surface area (Å²) in [4.78, 5) is 12.5. The molecule has 2 N–H and O–H groups in total. The highest BCUT2D eigenvalue weighted by Gasteiger charge is 2.61. The van der Waals surface area contributed by atoms with E-state index in [1.807, 2.05) is 6.92 Å². The molecule has 8 heteroatoms. The fourth-order valence-corrected chi connectivity index (χ4v) is 5.40. The smallest absolute Gasteiger partial charge is 0.407 e. The van der Waals surface area contributed by atoms with Gasteiger partial charge in [0.25, 0.3) is 0 Å². The average Bonchev–Trinajstić information content (AvgIpc) is 3.56. The number of amides is 1. The molecule has 1 aliphatic carbocycles. The predicted molar refractivity (Wildman–Crippen MR) is 138 cm³/mol. The van der Waals surface area contributed by atoms with E-state index in [2.05, 4.69) is 47.8 Å². The number of unbranched alkanes of at least 4 members (excludes halogenated alkanes) is 3. The Labute approximate surface area is 213 Å². The lowest BCUT2D eigenvalue weighted by Crippen LogP contribution is -2.54. The Morgan fingerprint density at radius 3 is 2.58 bits per heavy atom. The molecule has 7 nitrogen and oxygen atoms in total. The standard InChI is InChI=1S/C25H44INO6/c1-17(26)10-11-20(28)18(2)19(3)22-23(31-5)21(12-13-25(22)16-32-25)33-24(29)27-14-8-6-7-9-15-30-4/h10,18-23,28H,6-9,11-16H2,1-5H3,(H,27,29)/b17-10+/t18-,19+,20+,21?,22?,23?,25-/m0/s1. The Kier molecular flexibility index (Phi) is 12.4. The number of epoxide rings is 1. The summed E-state index contributed by atoms with van der Waals surface area (Å²) >= 11 is 2.27. The second-order valence-corrected chi connectivity index (χ2v) is 11.4. The largest absolute Gasteiger partial charge is 0.443 e. The SMILES string of the molecule is COCCCCCCNC(=O)OC1CC[C@]2(CO2)C([C@H](C)[C@H](C)[C@H](O)C/C=C(\C)I)C1OC. The van der Waals surface area contributed by atoms with Crippen molar-refractivity contribution in [2.45, 2.75) is 89.6 Å². The van der Waals surface area contributed by atoms with Gasteiger partial charge in [-0.2, -0.15) is 0 Å². The van der Waals surface area contributed by atoms with E-state index in [0.29, 0.717) is 19.6 Å². The van der Waals surface area contributed by atoms with Crippen LogP contribution in [-0.4, -0.2) is 69.1 Å². The minimum Gasteiger partial charge on any atom is -0.443 e. The lowest BCUT2D eigenvalue weighted by molar-refractivity contribution is -0.124. The Morgan fingerprint density at radius 2 is 1.97 bits per heavy atom. The quantitative estimate of drug-likeness (QED) is 0.173. The summed E-state index contributed by atoms with van der Waals surface area (Å²) in [6.07, 6.45) is 6.99. The molecule has 1 aliphatic heterocycles. The summed E-state index contributed by atoms with van der Waals surface area (Å²) in [5.74, 6) is 0.271. The van der Waals surface area contributed by atoms with E-state index in [1.165, 1.54) is 3.58 Å². The first kappa shape index (κ1) is 28.8. The number of rotatable bonds is 14.